The Morgan fingerprint density at radius 2 is 2.00 bits per heavy atom. The van der Waals surface area contributed by atoms with Crippen LogP contribution in [0.1, 0.15) is 48.8 Å². The third-order valence-corrected chi connectivity index (χ3v) is 3.79. The normalized spacial score (nSPS) is 15.8. The second-order valence-corrected chi connectivity index (χ2v) is 5.40. The van der Waals surface area contributed by atoms with Crippen molar-refractivity contribution in [1.82, 2.24) is 15.0 Å². The summed E-state index contributed by atoms with van der Waals surface area (Å²) in [6.07, 6.45) is 7.45. The molecular weight excluding hydrogens is 258 g/mol. The molecule has 98 valence electrons. The maximum atomic E-state index is 6.12. The van der Waals surface area contributed by atoms with Crippen LogP contribution in [0.3, 0.4) is 0 Å². The molecule has 0 amide bonds. The van der Waals surface area contributed by atoms with Crippen LogP contribution in [0.25, 0.3) is 0 Å². The molecule has 2 aromatic heterocycles. The second kappa shape index (κ2) is 5.66. The van der Waals surface area contributed by atoms with Crippen LogP contribution in [0.5, 0.6) is 0 Å². The van der Waals surface area contributed by atoms with Crippen molar-refractivity contribution < 1.29 is 0 Å². The lowest BCUT2D eigenvalue weighted by Crippen LogP contribution is -2.04. The maximum absolute atomic E-state index is 6.12. The number of aromatic nitrogens is 3. The van der Waals surface area contributed by atoms with Gasteiger partial charge in [-0.15, -0.1) is 0 Å². The van der Waals surface area contributed by atoms with Gasteiger partial charge in [-0.1, -0.05) is 30.5 Å². The fraction of sp³-hybridized carbons (Fsp3) is 0.400. The van der Waals surface area contributed by atoms with Gasteiger partial charge >= 0.3 is 0 Å². The molecule has 4 heteroatoms. The largest absolute Gasteiger partial charge is 0.261 e. The molecule has 0 radical (unpaired) electrons. The van der Waals surface area contributed by atoms with Gasteiger partial charge in [0.15, 0.2) is 0 Å². The topological polar surface area (TPSA) is 38.7 Å². The Balaban J connectivity index is 1.85. The molecule has 1 aliphatic carbocycles. The zero-order chi connectivity index (χ0) is 13.1. The third kappa shape index (κ3) is 3.10. The van der Waals surface area contributed by atoms with Gasteiger partial charge in [0.1, 0.15) is 11.0 Å². The summed E-state index contributed by atoms with van der Waals surface area (Å²) < 4.78 is 0. The Hall–Kier alpha value is -1.48. The number of rotatable bonds is 3. The van der Waals surface area contributed by atoms with Crippen LogP contribution in [0, 0.1) is 0 Å². The second-order valence-electron chi connectivity index (χ2n) is 5.01. The van der Waals surface area contributed by atoms with E-state index >= 15 is 0 Å². The molecule has 2 heterocycles. The van der Waals surface area contributed by atoms with E-state index in [0.717, 1.165) is 17.2 Å². The van der Waals surface area contributed by atoms with E-state index in [1.165, 1.54) is 25.7 Å². The minimum absolute atomic E-state index is 0.544. The smallest absolute Gasteiger partial charge is 0.136 e. The highest BCUT2D eigenvalue weighted by Crippen LogP contribution is 2.33. The predicted octanol–water partition coefficient (Wildman–Crippen LogP) is 3.77. The van der Waals surface area contributed by atoms with E-state index in [9.17, 15) is 0 Å². The SMILES string of the molecule is Clc1cc(C2CCCC2)nc(Cc2ccccn2)n1. The van der Waals surface area contributed by atoms with E-state index in [2.05, 4.69) is 15.0 Å². The van der Waals surface area contributed by atoms with E-state index in [0.29, 0.717) is 17.5 Å². The van der Waals surface area contributed by atoms with Crippen LogP contribution < -0.4 is 0 Å². The van der Waals surface area contributed by atoms with Gasteiger partial charge in [-0.2, -0.15) is 0 Å². The van der Waals surface area contributed by atoms with E-state index in [-0.39, 0.29) is 0 Å². The van der Waals surface area contributed by atoms with Gasteiger partial charge < -0.3 is 0 Å². The van der Waals surface area contributed by atoms with Crippen LogP contribution in [-0.2, 0) is 6.42 Å². The van der Waals surface area contributed by atoms with Crippen LogP contribution in [-0.4, -0.2) is 15.0 Å². The summed E-state index contributed by atoms with van der Waals surface area (Å²) in [6, 6.07) is 7.79. The average molecular weight is 274 g/mol. The van der Waals surface area contributed by atoms with Crippen LogP contribution in [0.2, 0.25) is 5.15 Å². The van der Waals surface area contributed by atoms with E-state index in [1.807, 2.05) is 24.3 Å². The first-order valence-electron chi connectivity index (χ1n) is 6.74. The Morgan fingerprint density at radius 3 is 2.74 bits per heavy atom. The molecule has 0 saturated heterocycles. The van der Waals surface area contributed by atoms with Gasteiger partial charge in [0.2, 0.25) is 0 Å². The summed E-state index contributed by atoms with van der Waals surface area (Å²) in [4.78, 5) is 13.3. The molecular formula is C15H16ClN3. The predicted molar refractivity (Wildman–Crippen MR) is 75.3 cm³/mol. The van der Waals surface area contributed by atoms with Crippen molar-refractivity contribution in [2.45, 2.75) is 38.0 Å². The van der Waals surface area contributed by atoms with Crippen molar-refractivity contribution in [2.75, 3.05) is 0 Å². The number of halogens is 1. The Labute approximate surface area is 118 Å². The number of nitrogens with zero attached hydrogens (tertiary/aromatic N) is 3. The van der Waals surface area contributed by atoms with Gasteiger partial charge in [0.05, 0.1) is 6.42 Å². The minimum Gasteiger partial charge on any atom is -0.261 e. The first-order chi connectivity index (χ1) is 9.31. The van der Waals surface area contributed by atoms with Gasteiger partial charge in [-0.25, -0.2) is 9.97 Å². The summed E-state index contributed by atoms with van der Waals surface area (Å²) >= 11 is 6.12. The van der Waals surface area contributed by atoms with Gasteiger partial charge in [0.25, 0.3) is 0 Å². The fourth-order valence-corrected chi connectivity index (χ4v) is 2.87. The summed E-state index contributed by atoms with van der Waals surface area (Å²) in [5.74, 6) is 1.33. The van der Waals surface area contributed by atoms with E-state index < -0.39 is 0 Å². The molecule has 0 aliphatic heterocycles. The minimum atomic E-state index is 0.544. The highest BCUT2D eigenvalue weighted by Gasteiger charge is 2.19. The van der Waals surface area contributed by atoms with E-state index in [1.54, 1.807) is 6.20 Å². The van der Waals surface area contributed by atoms with Crippen molar-refractivity contribution >= 4 is 11.6 Å². The Morgan fingerprint density at radius 1 is 1.16 bits per heavy atom. The van der Waals surface area contributed by atoms with Crippen molar-refractivity contribution in [1.29, 1.82) is 0 Å². The lowest BCUT2D eigenvalue weighted by atomic mass is 10.0. The molecule has 0 spiro atoms. The number of hydrogen-bond acceptors (Lipinski definition) is 3. The third-order valence-electron chi connectivity index (χ3n) is 3.60. The highest BCUT2D eigenvalue weighted by atomic mass is 35.5. The molecule has 0 N–H and O–H groups in total. The Bertz CT molecular complexity index is 551. The molecule has 1 fully saturated rings. The first kappa shape index (κ1) is 12.5. The fourth-order valence-electron chi connectivity index (χ4n) is 2.66. The zero-order valence-electron chi connectivity index (χ0n) is 10.7. The maximum Gasteiger partial charge on any atom is 0.136 e. The monoisotopic (exact) mass is 273 g/mol. The van der Waals surface area contributed by atoms with Crippen molar-refractivity contribution in [2.24, 2.45) is 0 Å². The van der Waals surface area contributed by atoms with Crippen molar-refractivity contribution in [3.63, 3.8) is 0 Å². The lowest BCUT2D eigenvalue weighted by Gasteiger charge is -2.10. The van der Waals surface area contributed by atoms with Gasteiger partial charge in [0, 0.05) is 23.5 Å². The van der Waals surface area contributed by atoms with Crippen molar-refractivity contribution in [3.05, 3.63) is 52.8 Å². The molecule has 0 aromatic carbocycles. The van der Waals surface area contributed by atoms with Gasteiger partial charge in [-0.05, 0) is 31.0 Å². The summed E-state index contributed by atoms with van der Waals surface area (Å²) in [6.45, 7) is 0. The molecule has 3 rings (SSSR count). The molecule has 0 unspecified atom stereocenters. The molecule has 2 aromatic rings. The molecule has 1 aliphatic rings. The lowest BCUT2D eigenvalue weighted by molar-refractivity contribution is 0.685. The molecule has 3 nitrogen and oxygen atoms in total. The number of hydrogen-bond donors (Lipinski definition) is 0. The highest BCUT2D eigenvalue weighted by molar-refractivity contribution is 6.29. The molecule has 0 atom stereocenters. The van der Waals surface area contributed by atoms with Gasteiger partial charge in [-0.3, -0.25) is 4.98 Å². The Kier molecular flexibility index (Phi) is 3.74. The first-order valence-corrected chi connectivity index (χ1v) is 7.12. The molecule has 0 bridgehead atoms. The summed E-state index contributed by atoms with van der Waals surface area (Å²) in [5, 5.41) is 0.544. The molecule has 19 heavy (non-hydrogen) atoms. The van der Waals surface area contributed by atoms with Crippen LogP contribution in [0.4, 0.5) is 0 Å². The zero-order valence-corrected chi connectivity index (χ0v) is 11.5. The van der Waals surface area contributed by atoms with Crippen molar-refractivity contribution in [3.8, 4) is 0 Å². The van der Waals surface area contributed by atoms with Crippen LogP contribution >= 0.6 is 11.6 Å². The number of pyridine rings is 1. The van der Waals surface area contributed by atoms with E-state index in [4.69, 9.17) is 11.6 Å². The van der Waals surface area contributed by atoms with Crippen LogP contribution in [0.15, 0.2) is 30.5 Å². The standard InChI is InChI=1S/C15H16ClN3/c16-14-10-13(11-5-1-2-6-11)18-15(19-14)9-12-7-3-4-8-17-12/h3-4,7-8,10-11H,1-2,5-6,9H2. The summed E-state index contributed by atoms with van der Waals surface area (Å²) in [5.41, 5.74) is 2.07. The average Bonchev–Trinajstić information content (AvgIpc) is 2.93. The summed E-state index contributed by atoms with van der Waals surface area (Å²) in [7, 11) is 0. The quantitative estimate of drug-likeness (QED) is 0.799. The molecule has 1 saturated carbocycles.